The second-order valence-electron chi connectivity index (χ2n) is 9.60. The number of rotatable bonds is 6. The molecule has 4 rings (SSSR count). The maximum absolute atomic E-state index is 12.5. The van der Waals surface area contributed by atoms with Crippen molar-refractivity contribution in [1.29, 1.82) is 0 Å². The fourth-order valence-corrected chi connectivity index (χ4v) is 7.21. The summed E-state index contributed by atoms with van der Waals surface area (Å²) < 4.78 is 42.7. The van der Waals surface area contributed by atoms with Crippen LogP contribution in [0.3, 0.4) is 0 Å². The van der Waals surface area contributed by atoms with E-state index >= 15 is 0 Å². The summed E-state index contributed by atoms with van der Waals surface area (Å²) in [5, 5.41) is 0. The van der Waals surface area contributed by atoms with Gasteiger partial charge in [0, 0.05) is 15.8 Å². The van der Waals surface area contributed by atoms with Crippen molar-refractivity contribution >= 4 is 28.4 Å². The van der Waals surface area contributed by atoms with E-state index in [1.165, 1.54) is 11.1 Å². The summed E-state index contributed by atoms with van der Waals surface area (Å²) in [6.45, 7) is 2.65. The third-order valence-electron chi connectivity index (χ3n) is 7.79. The number of hydrogen-bond donors (Lipinski definition) is 0. The second-order valence-corrected chi connectivity index (χ2v) is 11.4. The minimum Gasteiger partial charge on any atom is -0.494 e. The molecule has 1 aromatic rings. The highest BCUT2D eigenvalue weighted by Crippen LogP contribution is 2.59. The van der Waals surface area contributed by atoms with Gasteiger partial charge in [-0.1, -0.05) is 35.6 Å². The van der Waals surface area contributed by atoms with Gasteiger partial charge >= 0.3 is 6.18 Å². The zero-order valence-corrected chi connectivity index (χ0v) is 19.6. The fourth-order valence-electron chi connectivity index (χ4n) is 6.27. The minimum absolute atomic E-state index is 0.0929. The third kappa shape index (κ3) is 4.53. The molecule has 30 heavy (non-hydrogen) atoms. The highest BCUT2D eigenvalue weighted by Gasteiger charge is 2.54. The molecular formula is C24H30F3IO2. The van der Waals surface area contributed by atoms with Crippen LogP contribution < -0.4 is 4.74 Å². The van der Waals surface area contributed by atoms with E-state index in [0.717, 1.165) is 44.3 Å². The zero-order valence-electron chi connectivity index (χ0n) is 17.4. The van der Waals surface area contributed by atoms with Crippen LogP contribution in [0, 0.1) is 17.3 Å². The van der Waals surface area contributed by atoms with Gasteiger partial charge in [-0.15, -0.1) is 0 Å². The average Bonchev–Trinajstić information content (AvgIpc) is 2.98. The molecule has 5 atom stereocenters. The lowest BCUT2D eigenvalue weighted by atomic mass is 9.55. The lowest BCUT2D eigenvalue weighted by Crippen LogP contribution is -2.42. The summed E-state index contributed by atoms with van der Waals surface area (Å²) >= 11 is 1.88. The third-order valence-corrected chi connectivity index (χ3v) is 8.85. The lowest BCUT2D eigenvalue weighted by Gasteiger charge is -2.48. The Morgan fingerprint density at radius 1 is 1.23 bits per heavy atom. The predicted octanol–water partition coefficient (Wildman–Crippen LogP) is 7.03. The number of Topliss-reactive ketones (excluding diaryl/α,β-unsaturated/α-hetero) is 1. The van der Waals surface area contributed by atoms with Gasteiger partial charge in [-0.05, 0) is 86.0 Å². The van der Waals surface area contributed by atoms with Crippen LogP contribution in [-0.2, 0) is 11.2 Å². The molecule has 2 saturated carbocycles. The van der Waals surface area contributed by atoms with Gasteiger partial charge in [0.2, 0.25) is 0 Å². The molecule has 0 heterocycles. The number of halogens is 4. The highest BCUT2D eigenvalue weighted by molar-refractivity contribution is 14.1. The first-order valence-corrected chi connectivity index (χ1v) is 12.4. The predicted molar refractivity (Wildman–Crippen MR) is 119 cm³/mol. The molecule has 0 spiro atoms. The Kier molecular flexibility index (Phi) is 6.44. The number of benzene rings is 1. The largest absolute Gasteiger partial charge is 0.494 e. The number of fused-ring (bicyclic) bond motifs is 5. The molecule has 0 bridgehead atoms. The summed E-state index contributed by atoms with van der Waals surface area (Å²) in [5.41, 5.74) is 2.69. The molecule has 1 aromatic carbocycles. The normalized spacial score (nSPS) is 31.6. The highest BCUT2D eigenvalue weighted by atomic mass is 127. The average molecular weight is 534 g/mol. The maximum Gasteiger partial charge on any atom is 0.390 e. The van der Waals surface area contributed by atoms with E-state index in [1.54, 1.807) is 0 Å². The molecule has 0 aromatic heterocycles. The molecular weight excluding hydrogens is 504 g/mol. The summed E-state index contributed by atoms with van der Waals surface area (Å²) in [6.07, 6.45) is 2.37. The molecule has 0 N–H and O–H groups in total. The van der Waals surface area contributed by atoms with Gasteiger partial charge in [0.15, 0.2) is 0 Å². The smallest absolute Gasteiger partial charge is 0.390 e. The summed E-state index contributed by atoms with van der Waals surface area (Å²) in [5.74, 6) is 3.00. The van der Waals surface area contributed by atoms with Gasteiger partial charge < -0.3 is 4.74 Å². The SMILES string of the molecule is C[C@]12CC[C@@H]3c4ccc(OCCCC(I)CC(F)(F)F)cc4CC[C@H]3[C@@H]1CCC2=O. The standard InChI is InChI=1S/C24H30F3IO2/c1-23-11-10-19-18-7-5-17(30-12-2-3-16(28)14-24(25,26)27)13-15(18)4-6-20(19)21(23)8-9-22(23)29/h5,7,13,16,19-21H,2-4,6,8-12,14H2,1H3/t16?,19-,20-,21+,23+/m1/s1. The van der Waals surface area contributed by atoms with Crippen molar-refractivity contribution in [2.24, 2.45) is 17.3 Å². The van der Waals surface area contributed by atoms with E-state index in [4.69, 9.17) is 4.74 Å². The molecule has 0 radical (unpaired) electrons. The number of carbonyl (C=O) groups is 1. The molecule has 6 heteroatoms. The fraction of sp³-hybridized carbons (Fsp3) is 0.708. The van der Waals surface area contributed by atoms with E-state index in [0.29, 0.717) is 43.0 Å². The molecule has 166 valence electrons. The van der Waals surface area contributed by atoms with Crippen molar-refractivity contribution in [3.8, 4) is 5.75 Å². The van der Waals surface area contributed by atoms with Crippen molar-refractivity contribution < 1.29 is 22.7 Å². The van der Waals surface area contributed by atoms with E-state index in [2.05, 4.69) is 19.1 Å². The van der Waals surface area contributed by atoms with Crippen molar-refractivity contribution in [2.75, 3.05) is 6.61 Å². The number of ether oxygens (including phenoxy) is 1. The minimum atomic E-state index is -4.09. The summed E-state index contributed by atoms with van der Waals surface area (Å²) in [4.78, 5) is 12.5. The molecule has 3 aliphatic carbocycles. The van der Waals surface area contributed by atoms with Crippen LogP contribution >= 0.6 is 22.6 Å². The Hall–Kier alpha value is -0.790. The Balaban J connectivity index is 1.34. The second kappa shape index (κ2) is 8.62. The quantitative estimate of drug-likeness (QED) is 0.223. The number of ketones is 1. The van der Waals surface area contributed by atoms with Gasteiger partial charge in [-0.2, -0.15) is 13.2 Å². The molecule has 3 aliphatic rings. The van der Waals surface area contributed by atoms with E-state index in [-0.39, 0.29) is 5.41 Å². The lowest BCUT2D eigenvalue weighted by molar-refractivity contribution is -0.133. The molecule has 0 aliphatic heterocycles. The number of aryl methyl sites for hydroxylation is 1. The summed E-state index contributed by atoms with van der Waals surface area (Å²) in [6, 6.07) is 6.36. The molecule has 2 nitrogen and oxygen atoms in total. The van der Waals surface area contributed by atoms with Gasteiger partial charge in [0.25, 0.3) is 0 Å². The Labute approximate surface area is 190 Å². The Morgan fingerprint density at radius 2 is 2.03 bits per heavy atom. The molecule has 0 amide bonds. The number of alkyl halides is 4. The number of carbonyl (C=O) groups excluding carboxylic acids is 1. The van der Waals surface area contributed by atoms with E-state index in [1.807, 2.05) is 28.7 Å². The van der Waals surface area contributed by atoms with Crippen LogP contribution in [0.25, 0.3) is 0 Å². The van der Waals surface area contributed by atoms with Crippen LogP contribution in [0.5, 0.6) is 5.75 Å². The van der Waals surface area contributed by atoms with Crippen LogP contribution in [0.15, 0.2) is 18.2 Å². The van der Waals surface area contributed by atoms with Crippen LogP contribution in [0.2, 0.25) is 0 Å². The first-order valence-electron chi connectivity index (χ1n) is 11.2. The van der Waals surface area contributed by atoms with Crippen LogP contribution in [0.1, 0.15) is 75.3 Å². The Bertz CT molecular complexity index is 793. The monoisotopic (exact) mass is 534 g/mol. The number of hydrogen-bond acceptors (Lipinski definition) is 2. The van der Waals surface area contributed by atoms with Gasteiger partial charge in [0.1, 0.15) is 11.5 Å². The Morgan fingerprint density at radius 3 is 2.80 bits per heavy atom. The van der Waals surface area contributed by atoms with Crippen molar-refractivity contribution in [1.82, 2.24) is 0 Å². The summed E-state index contributed by atoms with van der Waals surface area (Å²) in [7, 11) is 0. The topological polar surface area (TPSA) is 26.3 Å². The maximum atomic E-state index is 12.5. The van der Waals surface area contributed by atoms with E-state index < -0.39 is 16.5 Å². The zero-order chi connectivity index (χ0) is 21.5. The van der Waals surface area contributed by atoms with Crippen molar-refractivity contribution in [2.45, 2.75) is 80.7 Å². The van der Waals surface area contributed by atoms with Crippen LogP contribution in [-0.4, -0.2) is 22.5 Å². The van der Waals surface area contributed by atoms with Gasteiger partial charge in [0.05, 0.1) is 13.0 Å². The van der Waals surface area contributed by atoms with E-state index in [9.17, 15) is 18.0 Å². The van der Waals surface area contributed by atoms with Crippen LogP contribution in [0.4, 0.5) is 13.2 Å². The molecule has 0 saturated heterocycles. The van der Waals surface area contributed by atoms with Gasteiger partial charge in [-0.25, -0.2) is 0 Å². The first kappa shape index (κ1) is 22.4. The molecule has 2 fully saturated rings. The van der Waals surface area contributed by atoms with Crippen molar-refractivity contribution in [3.63, 3.8) is 0 Å². The first-order chi connectivity index (χ1) is 14.2. The molecule has 1 unspecified atom stereocenters. The van der Waals surface area contributed by atoms with Gasteiger partial charge in [-0.3, -0.25) is 4.79 Å². The van der Waals surface area contributed by atoms with Crippen molar-refractivity contribution in [3.05, 3.63) is 29.3 Å².